The van der Waals surface area contributed by atoms with Crippen molar-refractivity contribution in [2.45, 2.75) is 31.0 Å². The normalized spacial score (nSPS) is 17.2. The van der Waals surface area contributed by atoms with Crippen LogP contribution in [0.1, 0.15) is 39.0 Å². The molecular formula is C14H16N4O3S3. The molecule has 0 saturated carbocycles. The Morgan fingerprint density at radius 2 is 2.29 bits per heavy atom. The molecule has 24 heavy (non-hydrogen) atoms. The molecule has 2 aromatic rings. The predicted octanol–water partition coefficient (Wildman–Crippen LogP) is 3.70. The van der Waals surface area contributed by atoms with E-state index in [4.69, 9.17) is 0 Å². The molecule has 2 amide bonds. The summed E-state index contributed by atoms with van der Waals surface area (Å²) in [7, 11) is 0. The van der Waals surface area contributed by atoms with Crippen molar-refractivity contribution >= 4 is 51.8 Å². The van der Waals surface area contributed by atoms with Crippen LogP contribution in [0.4, 0.5) is 9.93 Å². The molecule has 2 N–H and O–H groups in total. The van der Waals surface area contributed by atoms with Crippen LogP contribution in [0.3, 0.4) is 0 Å². The summed E-state index contributed by atoms with van der Waals surface area (Å²) in [5.41, 5.74) is 0.563. The minimum Gasteiger partial charge on any atom is -0.465 e. The van der Waals surface area contributed by atoms with Crippen molar-refractivity contribution in [2.24, 2.45) is 0 Å². The van der Waals surface area contributed by atoms with Gasteiger partial charge in [0, 0.05) is 27.8 Å². The van der Waals surface area contributed by atoms with Crippen molar-refractivity contribution in [3.63, 3.8) is 0 Å². The van der Waals surface area contributed by atoms with Gasteiger partial charge in [0.2, 0.25) is 10.3 Å². The van der Waals surface area contributed by atoms with Crippen molar-refractivity contribution < 1.29 is 14.7 Å². The van der Waals surface area contributed by atoms with Crippen LogP contribution in [0.5, 0.6) is 0 Å². The molecule has 0 spiro atoms. The number of aromatic nitrogens is 2. The van der Waals surface area contributed by atoms with Crippen LogP contribution in [0, 0.1) is 6.92 Å². The smallest absolute Gasteiger partial charge is 0.407 e. The van der Waals surface area contributed by atoms with Crippen molar-refractivity contribution in [3.05, 3.63) is 21.4 Å². The first-order valence-electron chi connectivity index (χ1n) is 7.28. The van der Waals surface area contributed by atoms with Gasteiger partial charge in [-0.2, -0.15) is 9.36 Å². The average Bonchev–Trinajstić information content (AvgIpc) is 3.24. The Kier molecular flexibility index (Phi) is 5.07. The van der Waals surface area contributed by atoms with Gasteiger partial charge in [0.1, 0.15) is 0 Å². The van der Waals surface area contributed by atoms with Crippen LogP contribution in [-0.4, -0.2) is 44.2 Å². The second-order valence-corrected chi connectivity index (χ2v) is 8.11. The number of hydrogen-bond donors (Lipinski definition) is 2. The van der Waals surface area contributed by atoms with Crippen molar-refractivity contribution in [1.29, 1.82) is 0 Å². The zero-order valence-electron chi connectivity index (χ0n) is 13.1. The molecule has 0 aliphatic carbocycles. The monoisotopic (exact) mass is 384 g/mol. The first kappa shape index (κ1) is 17.2. The number of rotatable bonds is 4. The van der Waals surface area contributed by atoms with E-state index in [1.54, 1.807) is 6.07 Å². The molecule has 0 aromatic carbocycles. The van der Waals surface area contributed by atoms with E-state index < -0.39 is 6.09 Å². The number of nitrogens with zero attached hydrogens (tertiary/aromatic N) is 3. The Bertz CT molecular complexity index is 773. The SMILES string of the molecule is CSc1nsc(NC(=O)c2cc(C3CCCN3C(=O)O)sc2C)n1. The topological polar surface area (TPSA) is 95.4 Å². The number of aryl methyl sites for hydroxylation is 1. The molecule has 3 rings (SSSR count). The summed E-state index contributed by atoms with van der Waals surface area (Å²) < 4.78 is 4.11. The third-order valence-corrected chi connectivity index (χ3v) is 6.26. The molecule has 1 aliphatic rings. The van der Waals surface area contributed by atoms with Crippen LogP contribution >= 0.6 is 34.6 Å². The Hall–Kier alpha value is -1.65. The van der Waals surface area contributed by atoms with Gasteiger partial charge >= 0.3 is 6.09 Å². The molecule has 1 fully saturated rings. The lowest BCUT2D eigenvalue weighted by Gasteiger charge is -2.19. The third-order valence-electron chi connectivity index (χ3n) is 3.82. The van der Waals surface area contributed by atoms with Gasteiger partial charge in [-0.15, -0.1) is 11.3 Å². The van der Waals surface area contributed by atoms with Crippen molar-refractivity contribution in [2.75, 3.05) is 18.1 Å². The number of nitrogens with one attached hydrogen (secondary N) is 1. The Morgan fingerprint density at radius 3 is 2.96 bits per heavy atom. The minimum atomic E-state index is -0.909. The van der Waals surface area contributed by atoms with Gasteiger partial charge in [0.05, 0.1) is 11.6 Å². The van der Waals surface area contributed by atoms with Crippen LogP contribution in [-0.2, 0) is 0 Å². The molecule has 3 heterocycles. The number of amides is 2. The molecule has 128 valence electrons. The van der Waals surface area contributed by atoms with Gasteiger partial charge in [0.15, 0.2) is 0 Å². The number of hydrogen-bond acceptors (Lipinski definition) is 7. The number of thiophene rings is 1. The second kappa shape index (κ2) is 7.08. The lowest BCUT2D eigenvalue weighted by Crippen LogP contribution is -2.28. The minimum absolute atomic E-state index is 0.155. The summed E-state index contributed by atoms with van der Waals surface area (Å²) in [5.74, 6) is -0.237. The van der Waals surface area contributed by atoms with Gasteiger partial charge in [-0.25, -0.2) is 4.79 Å². The predicted molar refractivity (Wildman–Crippen MR) is 95.4 cm³/mol. The Balaban J connectivity index is 1.78. The fraction of sp³-hybridized carbons (Fsp3) is 0.429. The van der Waals surface area contributed by atoms with Crippen molar-refractivity contribution in [1.82, 2.24) is 14.3 Å². The lowest BCUT2D eigenvalue weighted by atomic mass is 10.1. The summed E-state index contributed by atoms with van der Waals surface area (Å²) in [6, 6.07) is 1.65. The van der Waals surface area contributed by atoms with E-state index in [1.165, 1.54) is 28.0 Å². The first-order chi connectivity index (χ1) is 11.5. The molecule has 0 radical (unpaired) electrons. The zero-order chi connectivity index (χ0) is 17.3. The summed E-state index contributed by atoms with van der Waals surface area (Å²) in [5, 5.41) is 13.1. The molecule has 10 heteroatoms. The molecule has 1 atom stereocenters. The van der Waals surface area contributed by atoms with E-state index in [0.717, 1.165) is 34.1 Å². The number of anilines is 1. The van der Waals surface area contributed by atoms with E-state index in [2.05, 4.69) is 14.7 Å². The van der Waals surface area contributed by atoms with Gasteiger partial charge in [0.25, 0.3) is 5.91 Å². The van der Waals surface area contributed by atoms with E-state index in [9.17, 15) is 14.7 Å². The fourth-order valence-corrected chi connectivity index (χ4v) is 4.99. The van der Waals surface area contributed by atoms with E-state index in [-0.39, 0.29) is 11.9 Å². The van der Waals surface area contributed by atoms with Gasteiger partial charge in [-0.1, -0.05) is 11.8 Å². The molecule has 1 saturated heterocycles. The molecule has 0 bridgehead atoms. The maximum Gasteiger partial charge on any atom is 0.407 e. The summed E-state index contributed by atoms with van der Waals surface area (Å²) in [4.78, 5) is 31.2. The van der Waals surface area contributed by atoms with Crippen LogP contribution in [0.25, 0.3) is 0 Å². The number of carbonyl (C=O) groups is 2. The van der Waals surface area contributed by atoms with Crippen LogP contribution in [0.15, 0.2) is 11.2 Å². The second-order valence-electron chi connectivity index (χ2n) is 5.29. The van der Waals surface area contributed by atoms with Crippen LogP contribution < -0.4 is 5.32 Å². The quantitative estimate of drug-likeness (QED) is 0.781. The zero-order valence-corrected chi connectivity index (χ0v) is 15.6. The average molecular weight is 385 g/mol. The number of carbonyl (C=O) groups excluding carboxylic acids is 1. The van der Waals surface area contributed by atoms with Crippen molar-refractivity contribution in [3.8, 4) is 0 Å². The third kappa shape index (κ3) is 3.40. The number of likely N-dealkylation sites (tertiary alicyclic amines) is 1. The van der Waals surface area contributed by atoms with E-state index in [0.29, 0.717) is 22.4 Å². The van der Waals surface area contributed by atoms with Crippen LogP contribution in [0.2, 0.25) is 0 Å². The van der Waals surface area contributed by atoms with Gasteiger partial charge in [-0.05, 0) is 32.1 Å². The van der Waals surface area contributed by atoms with Gasteiger partial charge in [-0.3, -0.25) is 10.1 Å². The molecule has 1 aliphatic heterocycles. The van der Waals surface area contributed by atoms with E-state index >= 15 is 0 Å². The molecular weight excluding hydrogens is 368 g/mol. The maximum atomic E-state index is 12.5. The highest BCUT2D eigenvalue weighted by molar-refractivity contribution is 7.98. The lowest BCUT2D eigenvalue weighted by molar-refractivity contribution is 0.102. The molecule has 7 nitrogen and oxygen atoms in total. The Morgan fingerprint density at radius 1 is 1.50 bits per heavy atom. The number of carboxylic acid groups (broad SMARTS) is 1. The highest BCUT2D eigenvalue weighted by Gasteiger charge is 2.32. The molecule has 2 aromatic heterocycles. The van der Waals surface area contributed by atoms with Gasteiger partial charge < -0.3 is 10.0 Å². The summed E-state index contributed by atoms with van der Waals surface area (Å²) in [6.07, 6.45) is 2.60. The highest BCUT2D eigenvalue weighted by atomic mass is 32.2. The largest absolute Gasteiger partial charge is 0.465 e. The van der Waals surface area contributed by atoms with E-state index in [1.807, 2.05) is 13.2 Å². The standard InChI is InChI=1S/C14H16N4O3S3/c1-7-8(11(19)15-12-16-13(22-2)17-24-12)6-10(23-7)9-4-3-5-18(9)14(20)21/h6,9H,3-5H2,1-2H3,(H,20,21)(H,15,16,17,19). The fourth-order valence-electron chi connectivity index (χ4n) is 2.69. The summed E-state index contributed by atoms with van der Waals surface area (Å²) in [6.45, 7) is 2.41. The Labute approximate surface area is 151 Å². The number of thioether (sulfide) groups is 1. The first-order valence-corrected chi connectivity index (χ1v) is 10.1. The highest BCUT2D eigenvalue weighted by Crippen LogP contribution is 2.37. The maximum absolute atomic E-state index is 12.5. The molecule has 1 unspecified atom stereocenters. The summed E-state index contributed by atoms with van der Waals surface area (Å²) >= 11 is 4.04.